The Morgan fingerprint density at radius 3 is 2.53 bits per heavy atom. The molecule has 2 aromatic carbocycles. The first-order chi connectivity index (χ1) is 14.4. The number of fused-ring (bicyclic) bond motifs is 1. The van der Waals surface area contributed by atoms with Crippen LogP contribution in [0.4, 0.5) is 5.13 Å². The monoisotopic (exact) mass is 447 g/mol. The lowest BCUT2D eigenvalue weighted by Crippen LogP contribution is -2.36. The molecule has 30 heavy (non-hydrogen) atoms. The first kappa shape index (κ1) is 22.3. The predicted molar refractivity (Wildman–Crippen MR) is 123 cm³/mol. The minimum Gasteiger partial charge on any atom is -0.494 e. The maximum Gasteiger partial charge on any atom is 0.266 e. The molecule has 0 aliphatic carbocycles. The van der Waals surface area contributed by atoms with E-state index < -0.39 is 0 Å². The lowest BCUT2D eigenvalue weighted by Gasteiger charge is -2.21. The number of amides is 1. The number of carbonyl (C=O) groups is 1. The van der Waals surface area contributed by atoms with Crippen molar-refractivity contribution in [2.45, 2.75) is 13.3 Å². The van der Waals surface area contributed by atoms with E-state index in [1.807, 2.05) is 33.2 Å². The zero-order valence-electron chi connectivity index (χ0n) is 17.6. The fourth-order valence-corrected chi connectivity index (χ4v) is 4.23. The van der Waals surface area contributed by atoms with Crippen LogP contribution in [0.2, 0.25) is 5.02 Å². The zero-order valence-corrected chi connectivity index (χ0v) is 19.2. The molecule has 0 atom stereocenters. The van der Waals surface area contributed by atoms with Crippen LogP contribution < -0.4 is 14.4 Å². The van der Waals surface area contributed by atoms with Gasteiger partial charge >= 0.3 is 0 Å². The smallest absolute Gasteiger partial charge is 0.266 e. The number of hydrogen-bond donors (Lipinski definition) is 0. The van der Waals surface area contributed by atoms with E-state index >= 15 is 0 Å². The molecule has 3 aromatic rings. The Balaban J connectivity index is 1.84. The molecule has 0 saturated carbocycles. The molecule has 0 unspecified atom stereocenters. The quantitative estimate of drug-likeness (QED) is 0.478. The zero-order chi connectivity index (χ0) is 21.7. The Labute approximate surface area is 186 Å². The van der Waals surface area contributed by atoms with Gasteiger partial charge in [-0.1, -0.05) is 29.0 Å². The third-order valence-corrected chi connectivity index (χ3v) is 6.07. The highest BCUT2D eigenvalue weighted by Gasteiger charge is 2.22. The second-order valence-electron chi connectivity index (χ2n) is 7.20. The van der Waals surface area contributed by atoms with Crippen LogP contribution in [-0.4, -0.2) is 56.7 Å². The van der Waals surface area contributed by atoms with Crippen LogP contribution in [0.15, 0.2) is 36.4 Å². The molecular weight excluding hydrogens is 422 g/mol. The van der Waals surface area contributed by atoms with Gasteiger partial charge in [-0.2, -0.15) is 0 Å². The molecule has 1 aromatic heterocycles. The molecule has 1 heterocycles. The number of halogens is 1. The van der Waals surface area contributed by atoms with Crippen molar-refractivity contribution in [2.24, 2.45) is 0 Å². The second kappa shape index (κ2) is 10.1. The standard InChI is InChI=1S/C22H26ClN3O3S/c1-15-6-11-18(28-4)20-21(15)30-22(24-20)26(13-5-12-25(2)3)19(27)14-29-17-9-7-16(23)8-10-17/h6-11H,5,12-14H2,1-4H3. The van der Waals surface area contributed by atoms with Crippen molar-refractivity contribution in [1.29, 1.82) is 0 Å². The summed E-state index contributed by atoms with van der Waals surface area (Å²) in [7, 11) is 5.66. The van der Waals surface area contributed by atoms with Crippen LogP contribution in [0.5, 0.6) is 11.5 Å². The van der Waals surface area contributed by atoms with Crippen molar-refractivity contribution in [2.75, 3.05) is 45.8 Å². The van der Waals surface area contributed by atoms with E-state index in [-0.39, 0.29) is 12.5 Å². The number of aryl methyl sites for hydroxylation is 1. The maximum absolute atomic E-state index is 13.1. The fourth-order valence-electron chi connectivity index (χ4n) is 3.00. The lowest BCUT2D eigenvalue weighted by molar-refractivity contribution is -0.120. The molecule has 0 spiro atoms. The van der Waals surface area contributed by atoms with Crippen molar-refractivity contribution >= 4 is 44.2 Å². The summed E-state index contributed by atoms with van der Waals surface area (Å²) >= 11 is 7.41. The van der Waals surface area contributed by atoms with Gasteiger partial charge in [0.2, 0.25) is 0 Å². The predicted octanol–water partition coefficient (Wildman–Crippen LogP) is 4.63. The summed E-state index contributed by atoms with van der Waals surface area (Å²) in [5, 5.41) is 1.28. The van der Waals surface area contributed by atoms with Gasteiger partial charge in [0.25, 0.3) is 5.91 Å². The summed E-state index contributed by atoms with van der Waals surface area (Å²) in [5.41, 5.74) is 1.88. The van der Waals surface area contributed by atoms with E-state index in [9.17, 15) is 4.79 Å². The Kier molecular flexibility index (Phi) is 7.53. The van der Waals surface area contributed by atoms with E-state index in [0.29, 0.717) is 28.2 Å². The van der Waals surface area contributed by atoms with Gasteiger partial charge in [-0.25, -0.2) is 4.98 Å². The summed E-state index contributed by atoms with van der Waals surface area (Å²) < 4.78 is 12.2. The molecule has 0 saturated heterocycles. The van der Waals surface area contributed by atoms with Gasteiger partial charge in [0, 0.05) is 11.6 Å². The first-order valence-electron chi connectivity index (χ1n) is 9.66. The first-order valence-corrected chi connectivity index (χ1v) is 10.9. The van der Waals surface area contributed by atoms with Crippen molar-refractivity contribution < 1.29 is 14.3 Å². The van der Waals surface area contributed by atoms with E-state index in [1.165, 1.54) is 11.3 Å². The highest BCUT2D eigenvalue weighted by Crippen LogP contribution is 2.36. The third-order valence-electron chi connectivity index (χ3n) is 4.61. The minimum absolute atomic E-state index is 0.0738. The third kappa shape index (κ3) is 5.41. The highest BCUT2D eigenvalue weighted by molar-refractivity contribution is 7.22. The van der Waals surface area contributed by atoms with E-state index in [0.717, 1.165) is 28.7 Å². The van der Waals surface area contributed by atoms with Crippen LogP contribution in [0.1, 0.15) is 12.0 Å². The largest absolute Gasteiger partial charge is 0.494 e. The molecule has 0 aliphatic rings. The number of nitrogens with zero attached hydrogens (tertiary/aromatic N) is 3. The van der Waals surface area contributed by atoms with Crippen molar-refractivity contribution in [3.05, 3.63) is 47.0 Å². The van der Waals surface area contributed by atoms with Gasteiger partial charge in [-0.3, -0.25) is 9.69 Å². The molecule has 0 aliphatic heterocycles. The van der Waals surface area contributed by atoms with Crippen LogP contribution in [-0.2, 0) is 4.79 Å². The molecule has 0 fully saturated rings. The van der Waals surface area contributed by atoms with Gasteiger partial charge < -0.3 is 14.4 Å². The topological polar surface area (TPSA) is 54.9 Å². The number of anilines is 1. The number of carbonyl (C=O) groups excluding carboxylic acids is 1. The summed E-state index contributed by atoms with van der Waals surface area (Å²) in [6, 6.07) is 10.9. The molecule has 0 N–H and O–H groups in total. The van der Waals surface area contributed by atoms with Crippen LogP contribution in [0, 0.1) is 6.92 Å². The van der Waals surface area contributed by atoms with Gasteiger partial charge in [0.05, 0.1) is 11.8 Å². The van der Waals surface area contributed by atoms with Crippen molar-refractivity contribution in [3.8, 4) is 11.5 Å². The molecule has 0 bridgehead atoms. The van der Waals surface area contributed by atoms with E-state index in [1.54, 1.807) is 36.3 Å². The summed E-state index contributed by atoms with van der Waals surface area (Å²) in [6.07, 6.45) is 0.825. The van der Waals surface area contributed by atoms with Crippen molar-refractivity contribution in [3.63, 3.8) is 0 Å². The summed E-state index contributed by atoms with van der Waals surface area (Å²) in [4.78, 5) is 21.6. The van der Waals surface area contributed by atoms with Gasteiger partial charge in [-0.05, 0) is 69.9 Å². The Morgan fingerprint density at radius 2 is 1.87 bits per heavy atom. The normalized spacial score (nSPS) is 11.1. The molecular formula is C22H26ClN3O3S. The SMILES string of the molecule is COc1ccc(C)c2sc(N(CCCN(C)C)C(=O)COc3ccc(Cl)cc3)nc12. The number of benzene rings is 2. The molecule has 3 rings (SSSR count). The number of aromatic nitrogens is 1. The Bertz CT molecular complexity index is 1000. The number of methoxy groups -OCH3 is 1. The molecule has 1 amide bonds. The Hall–Kier alpha value is -2.35. The average Bonchev–Trinajstić information content (AvgIpc) is 3.16. The maximum atomic E-state index is 13.1. The van der Waals surface area contributed by atoms with Crippen LogP contribution in [0.25, 0.3) is 10.2 Å². The summed E-state index contributed by atoms with van der Waals surface area (Å²) in [5.74, 6) is 1.17. The number of hydrogen-bond acceptors (Lipinski definition) is 6. The van der Waals surface area contributed by atoms with E-state index in [4.69, 9.17) is 26.1 Å². The van der Waals surface area contributed by atoms with Crippen molar-refractivity contribution in [1.82, 2.24) is 9.88 Å². The average molecular weight is 448 g/mol. The van der Waals surface area contributed by atoms with Crippen LogP contribution in [0.3, 0.4) is 0 Å². The lowest BCUT2D eigenvalue weighted by atomic mass is 10.2. The molecule has 160 valence electrons. The molecule has 0 radical (unpaired) electrons. The minimum atomic E-state index is -0.139. The van der Waals surface area contributed by atoms with Gasteiger partial charge in [-0.15, -0.1) is 0 Å². The number of thiazole rings is 1. The number of ether oxygens (including phenoxy) is 2. The van der Waals surface area contributed by atoms with Gasteiger partial charge in [0.15, 0.2) is 11.7 Å². The second-order valence-corrected chi connectivity index (χ2v) is 8.62. The Morgan fingerprint density at radius 1 is 1.13 bits per heavy atom. The molecule has 8 heteroatoms. The molecule has 6 nitrogen and oxygen atoms in total. The number of rotatable bonds is 9. The van der Waals surface area contributed by atoms with E-state index in [2.05, 4.69) is 4.90 Å². The van der Waals surface area contributed by atoms with Gasteiger partial charge in [0.1, 0.15) is 17.0 Å². The highest BCUT2D eigenvalue weighted by atomic mass is 35.5. The van der Waals surface area contributed by atoms with Crippen LogP contribution >= 0.6 is 22.9 Å². The summed E-state index contributed by atoms with van der Waals surface area (Å²) in [6.45, 7) is 3.39. The fraction of sp³-hybridized carbons (Fsp3) is 0.364.